The maximum atomic E-state index is 12.9. The van der Waals surface area contributed by atoms with E-state index in [-0.39, 0.29) is 5.97 Å². The first-order valence-corrected chi connectivity index (χ1v) is 9.91. The van der Waals surface area contributed by atoms with E-state index in [1.165, 1.54) is 0 Å². The van der Waals surface area contributed by atoms with Gasteiger partial charge in [-0.05, 0) is 35.7 Å². The topological polar surface area (TPSA) is 51.3 Å². The molecular weight excluding hydrogens is 374 g/mol. The van der Waals surface area contributed by atoms with Crippen molar-refractivity contribution in [2.75, 3.05) is 13.7 Å². The zero-order valence-corrected chi connectivity index (χ0v) is 17.0. The van der Waals surface area contributed by atoms with Crippen molar-refractivity contribution in [3.63, 3.8) is 0 Å². The lowest BCUT2D eigenvalue weighted by Crippen LogP contribution is -2.06. The fourth-order valence-corrected chi connectivity index (χ4v) is 3.62. The average Bonchev–Trinajstić information content (AvgIpc) is 3.21. The maximum Gasteiger partial charge on any atom is 0.355 e. The molecule has 0 bridgehead atoms. The van der Waals surface area contributed by atoms with E-state index in [1.807, 2.05) is 79.7 Å². The molecule has 0 aliphatic carbocycles. The highest BCUT2D eigenvalue weighted by atomic mass is 16.5. The number of carbonyl (C=O) groups is 1. The monoisotopic (exact) mass is 397 g/mol. The predicted octanol–water partition coefficient (Wildman–Crippen LogP) is 6.20. The van der Waals surface area contributed by atoms with E-state index in [2.05, 4.69) is 17.1 Å². The second-order valence-electron chi connectivity index (χ2n) is 6.81. The summed E-state index contributed by atoms with van der Waals surface area (Å²) in [5, 5.41) is 0. The summed E-state index contributed by atoms with van der Waals surface area (Å²) in [4.78, 5) is 16.3. The summed E-state index contributed by atoms with van der Waals surface area (Å²) < 4.78 is 10.7. The number of hydrogen-bond acceptors (Lipinski definition) is 3. The van der Waals surface area contributed by atoms with Crippen molar-refractivity contribution in [2.45, 2.75) is 6.92 Å². The molecule has 4 aromatic rings. The van der Waals surface area contributed by atoms with E-state index in [0.717, 1.165) is 39.3 Å². The summed E-state index contributed by atoms with van der Waals surface area (Å²) in [7, 11) is 1.64. The predicted molar refractivity (Wildman–Crippen MR) is 120 cm³/mol. The van der Waals surface area contributed by atoms with Gasteiger partial charge in [-0.3, -0.25) is 0 Å². The Hall–Kier alpha value is -3.79. The number of esters is 1. The molecule has 0 aliphatic heterocycles. The minimum atomic E-state index is -0.373. The molecule has 1 aromatic heterocycles. The van der Waals surface area contributed by atoms with Gasteiger partial charge in [-0.15, -0.1) is 0 Å². The Bertz CT molecular complexity index is 1130. The van der Waals surface area contributed by atoms with Gasteiger partial charge < -0.3 is 14.5 Å². The number of aromatic nitrogens is 1. The molecule has 0 atom stereocenters. The van der Waals surface area contributed by atoms with E-state index in [1.54, 1.807) is 7.11 Å². The molecule has 0 aliphatic rings. The second-order valence-corrected chi connectivity index (χ2v) is 6.81. The van der Waals surface area contributed by atoms with Crippen LogP contribution in [0, 0.1) is 0 Å². The van der Waals surface area contributed by atoms with Crippen LogP contribution in [0.1, 0.15) is 17.4 Å². The number of carbonyl (C=O) groups excluding carboxylic acids is 1. The quantitative estimate of drug-likeness (QED) is 0.394. The Morgan fingerprint density at radius 2 is 1.33 bits per heavy atom. The third-order valence-corrected chi connectivity index (χ3v) is 4.98. The molecule has 30 heavy (non-hydrogen) atoms. The van der Waals surface area contributed by atoms with E-state index in [0.29, 0.717) is 12.3 Å². The molecule has 0 saturated heterocycles. The fraction of sp³-hybridized carbons (Fsp3) is 0.115. The van der Waals surface area contributed by atoms with Crippen molar-refractivity contribution < 1.29 is 14.3 Å². The van der Waals surface area contributed by atoms with Gasteiger partial charge in [0, 0.05) is 11.1 Å². The molecule has 1 N–H and O–H groups in total. The SMILES string of the molecule is CCOC(=O)c1[nH]c(-c2ccccc2)c(-c2ccccc2)c1-c1ccc(OC)cc1. The molecule has 0 radical (unpaired) electrons. The molecule has 0 spiro atoms. The van der Waals surface area contributed by atoms with Gasteiger partial charge in [-0.2, -0.15) is 0 Å². The Morgan fingerprint density at radius 1 is 0.767 bits per heavy atom. The van der Waals surface area contributed by atoms with Gasteiger partial charge >= 0.3 is 5.97 Å². The van der Waals surface area contributed by atoms with Gasteiger partial charge in [0.25, 0.3) is 0 Å². The summed E-state index contributed by atoms with van der Waals surface area (Å²) in [5.41, 5.74) is 6.05. The van der Waals surface area contributed by atoms with Crippen molar-refractivity contribution in [2.24, 2.45) is 0 Å². The number of rotatable bonds is 6. The molecule has 4 nitrogen and oxygen atoms in total. The highest BCUT2D eigenvalue weighted by Gasteiger charge is 2.26. The highest BCUT2D eigenvalue weighted by Crippen LogP contribution is 2.43. The molecule has 4 heteroatoms. The van der Waals surface area contributed by atoms with Gasteiger partial charge in [-0.25, -0.2) is 4.79 Å². The lowest BCUT2D eigenvalue weighted by Gasteiger charge is -2.10. The third-order valence-electron chi connectivity index (χ3n) is 4.98. The molecule has 4 rings (SSSR count). The largest absolute Gasteiger partial charge is 0.497 e. The minimum Gasteiger partial charge on any atom is -0.497 e. The summed E-state index contributed by atoms with van der Waals surface area (Å²) in [6.07, 6.45) is 0. The van der Waals surface area contributed by atoms with Crippen LogP contribution in [0.15, 0.2) is 84.9 Å². The lowest BCUT2D eigenvalue weighted by atomic mass is 9.93. The Kier molecular flexibility index (Phi) is 5.66. The second kappa shape index (κ2) is 8.70. The number of hydrogen-bond donors (Lipinski definition) is 1. The van der Waals surface area contributed by atoms with Crippen molar-refractivity contribution in [3.8, 4) is 39.3 Å². The van der Waals surface area contributed by atoms with Crippen molar-refractivity contribution in [1.29, 1.82) is 0 Å². The summed E-state index contributed by atoms with van der Waals surface area (Å²) in [6.45, 7) is 2.12. The average molecular weight is 397 g/mol. The van der Waals surface area contributed by atoms with Crippen molar-refractivity contribution in [3.05, 3.63) is 90.6 Å². The van der Waals surface area contributed by atoms with Crippen molar-refractivity contribution >= 4 is 5.97 Å². The zero-order chi connectivity index (χ0) is 20.9. The van der Waals surface area contributed by atoms with Crippen LogP contribution in [0.3, 0.4) is 0 Å². The number of ether oxygens (including phenoxy) is 2. The lowest BCUT2D eigenvalue weighted by molar-refractivity contribution is 0.0521. The molecule has 150 valence electrons. The fourth-order valence-electron chi connectivity index (χ4n) is 3.62. The van der Waals surface area contributed by atoms with Crippen LogP contribution < -0.4 is 4.74 Å². The third kappa shape index (κ3) is 3.72. The molecular formula is C26H23NO3. The number of benzene rings is 3. The first kappa shape index (κ1) is 19.5. The van der Waals surface area contributed by atoms with E-state index in [4.69, 9.17) is 9.47 Å². The van der Waals surface area contributed by atoms with E-state index >= 15 is 0 Å². The van der Waals surface area contributed by atoms with Crippen LogP contribution in [0.4, 0.5) is 0 Å². The zero-order valence-electron chi connectivity index (χ0n) is 17.0. The smallest absolute Gasteiger partial charge is 0.355 e. The number of aromatic amines is 1. The Morgan fingerprint density at radius 3 is 1.90 bits per heavy atom. The Balaban J connectivity index is 2.03. The summed E-state index contributed by atoms with van der Waals surface area (Å²) in [6, 6.07) is 27.8. The maximum absolute atomic E-state index is 12.9. The first-order valence-electron chi connectivity index (χ1n) is 9.91. The van der Waals surface area contributed by atoms with Crippen LogP contribution in [0.25, 0.3) is 33.5 Å². The molecule has 0 unspecified atom stereocenters. The van der Waals surface area contributed by atoms with Crippen LogP contribution in [0.2, 0.25) is 0 Å². The van der Waals surface area contributed by atoms with E-state index in [9.17, 15) is 4.79 Å². The Labute approximate surface area is 176 Å². The van der Waals surface area contributed by atoms with E-state index < -0.39 is 0 Å². The number of H-pyrrole nitrogens is 1. The van der Waals surface area contributed by atoms with Gasteiger partial charge in [0.1, 0.15) is 11.4 Å². The van der Waals surface area contributed by atoms with Gasteiger partial charge in [-0.1, -0.05) is 72.8 Å². The molecule has 0 saturated carbocycles. The van der Waals surface area contributed by atoms with Crippen LogP contribution in [-0.4, -0.2) is 24.7 Å². The highest BCUT2D eigenvalue weighted by molar-refractivity contribution is 6.05. The number of nitrogens with one attached hydrogen (secondary N) is 1. The van der Waals surface area contributed by atoms with Crippen molar-refractivity contribution in [1.82, 2.24) is 4.98 Å². The number of methoxy groups -OCH3 is 1. The first-order chi connectivity index (χ1) is 14.7. The van der Waals surface area contributed by atoms with Crippen LogP contribution >= 0.6 is 0 Å². The molecule has 1 heterocycles. The summed E-state index contributed by atoms with van der Waals surface area (Å²) in [5.74, 6) is 0.388. The molecule has 3 aromatic carbocycles. The molecule has 0 amide bonds. The van der Waals surface area contributed by atoms with Gasteiger partial charge in [0.15, 0.2) is 0 Å². The normalized spacial score (nSPS) is 10.6. The van der Waals surface area contributed by atoms with Gasteiger partial charge in [0.05, 0.1) is 19.4 Å². The minimum absolute atomic E-state index is 0.307. The standard InChI is InChI=1S/C26H23NO3/c1-3-30-26(28)25-23(19-14-16-21(29-2)17-15-19)22(18-10-6-4-7-11-18)24(27-25)20-12-8-5-9-13-20/h4-17,27H,3H2,1-2H3. The van der Waals surface area contributed by atoms with Crippen LogP contribution in [0.5, 0.6) is 5.75 Å². The van der Waals surface area contributed by atoms with Gasteiger partial charge in [0.2, 0.25) is 0 Å². The van der Waals surface area contributed by atoms with Crippen LogP contribution in [-0.2, 0) is 4.74 Å². The molecule has 0 fully saturated rings. The summed E-state index contributed by atoms with van der Waals surface area (Å²) >= 11 is 0.